The molecule has 23 heavy (non-hydrogen) atoms. The third kappa shape index (κ3) is 2.48. The van der Waals surface area contributed by atoms with E-state index in [2.05, 4.69) is 5.32 Å². The Bertz CT molecular complexity index is 765. The van der Waals surface area contributed by atoms with Gasteiger partial charge in [0.2, 0.25) is 0 Å². The summed E-state index contributed by atoms with van der Waals surface area (Å²) in [6, 6.07) is 11.8. The third-order valence-electron chi connectivity index (χ3n) is 4.31. The molecule has 0 saturated heterocycles. The SMILES string of the molecule is O=C(Nc1ccc2c(c1)OC1(CCCC1)O2)c1ccccc1O. The van der Waals surface area contributed by atoms with E-state index in [4.69, 9.17) is 9.47 Å². The van der Waals surface area contributed by atoms with Crippen molar-refractivity contribution < 1.29 is 19.4 Å². The number of carbonyl (C=O) groups is 1. The summed E-state index contributed by atoms with van der Waals surface area (Å²) in [5.41, 5.74) is 0.841. The molecule has 2 N–H and O–H groups in total. The third-order valence-corrected chi connectivity index (χ3v) is 4.31. The number of hydrogen-bond acceptors (Lipinski definition) is 4. The molecule has 2 aromatic carbocycles. The lowest BCUT2D eigenvalue weighted by Crippen LogP contribution is -2.34. The number of phenols is 1. The normalized spacial score (nSPS) is 17.4. The lowest BCUT2D eigenvalue weighted by molar-refractivity contribution is -0.0716. The van der Waals surface area contributed by atoms with Gasteiger partial charge in [0, 0.05) is 24.6 Å². The van der Waals surface area contributed by atoms with Crippen molar-refractivity contribution in [1.82, 2.24) is 0 Å². The number of phenolic OH excluding ortho intramolecular Hbond substituents is 1. The molecule has 1 saturated carbocycles. The van der Waals surface area contributed by atoms with Crippen molar-refractivity contribution in [2.45, 2.75) is 31.5 Å². The number of carbonyl (C=O) groups excluding carboxylic acids is 1. The largest absolute Gasteiger partial charge is 0.507 e. The molecule has 1 heterocycles. The standard InChI is InChI=1S/C18H17NO4/c20-14-6-2-1-5-13(14)17(21)19-12-7-8-15-16(11-12)23-18(22-15)9-3-4-10-18/h1-2,5-8,11,20H,3-4,9-10H2,(H,19,21). The predicted octanol–water partition coefficient (Wildman–Crippen LogP) is 3.69. The van der Waals surface area contributed by atoms with E-state index in [1.165, 1.54) is 6.07 Å². The number of anilines is 1. The van der Waals surface area contributed by atoms with Gasteiger partial charge in [0.15, 0.2) is 11.5 Å². The quantitative estimate of drug-likeness (QED) is 0.887. The molecule has 1 spiro atoms. The molecule has 1 aliphatic carbocycles. The molecule has 5 nitrogen and oxygen atoms in total. The van der Waals surface area contributed by atoms with Gasteiger partial charge < -0.3 is 19.9 Å². The molecule has 0 unspecified atom stereocenters. The number of aromatic hydroxyl groups is 1. The predicted molar refractivity (Wildman–Crippen MR) is 85.0 cm³/mol. The number of para-hydroxylation sites is 1. The number of hydrogen-bond donors (Lipinski definition) is 2. The molecular weight excluding hydrogens is 294 g/mol. The van der Waals surface area contributed by atoms with E-state index >= 15 is 0 Å². The summed E-state index contributed by atoms with van der Waals surface area (Å²) in [5.74, 6) is 0.450. The number of nitrogens with one attached hydrogen (secondary N) is 1. The second kappa shape index (κ2) is 5.19. The van der Waals surface area contributed by atoms with Crippen LogP contribution in [0.2, 0.25) is 0 Å². The van der Waals surface area contributed by atoms with Crippen molar-refractivity contribution in [2.75, 3.05) is 5.32 Å². The molecular formula is C18H17NO4. The van der Waals surface area contributed by atoms with Gasteiger partial charge >= 0.3 is 0 Å². The number of rotatable bonds is 2. The maximum atomic E-state index is 12.2. The Hall–Kier alpha value is -2.69. The first-order chi connectivity index (χ1) is 11.2. The maximum absolute atomic E-state index is 12.2. The minimum Gasteiger partial charge on any atom is -0.507 e. The smallest absolute Gasteiger partial charge is 0.259 e. The Labute approximate surface area is 133 Å². The maximum Gasteiger partial charge on any atom is 0.259 e. The van der Waals surface area contributed by atoms with Gasteiger partial charge in [-0.15, -0.1) is 0 Å². The zero-order valence-electron chi connectivity index (χ0n) is 12.5. The molecule has 2 aliphatic rings. The summed E-state index contributed by atoms with van der Waals surface area (Å²) >= 11 is 0. The number of benzene rings is 2. The molecule has 1 amide bonds. The van der Waals surface area contributed by atoms with E-state index in [1.807, 2.05) is 6.07 Å². The van der Waals surface area contributed by atoms with E-state index in [-0.39, 0.29) is 17.2 Å². The van der Waals surface area contributed by atoms with Crippen molar-refractivity contribution >= 4 is 11.6 Å². The lowest BCUT2D eigenvalue weighted by atomic mass is 10.2. The van der Waals surface area contributed by atoms with Crippen molar-refractivity contribution in [2.24, 2.45) is 0 Å². The van der Waals surface area contributed by atoms with Gasteiger partial charge in [-0.1, -0.05) is 12.1 Å². The van der Waals surface area contributed by atoms with Crippen LogP contribution in [0, 0.1) is 0 Å². The van der Waals surface area contributed by atoms with Gasteiger partial charge in [0.1, 0.15) is 5.75 Å². The Morgan fingerprint density at radius 2 is 1.78 bits per heavy atom. The topological polar surface area (TPSA) is 67.8 Å². The molecule has 118 valence electrons. The van der Waals surface area contributed by atoms with E-state index in [9.17, 15) is 9.90 Å². The first kappa shape index (κ1) is 13.9. The van der Waals surface area contributed by atoms with E-state index in [1.54, 1.807) is 30.3 Å². The van der Waals surface area contributed by atoms with Crippen LogP contribution in [0.15, 0.2) is 42.5 Å². The van der Waals surface area contributed by atoms with Crippen LogP contribution in [0.5, 0.6) is 17.2 Å². The summed E-state index contributed by atoms with van der Waals surface area (Å²) in [6.07, 6.45) is 3.98. The molecule has 1 fully saturated rings. The zero-order chi connectivity index (χ0) is 15.9. The van der Waals surface area contributed by atoms with Crippen molar-refractivity contribution in [3.63, 3.8) is 0 Å². The average molecular weight is 311 g/mol. The highest BCUT2D eigenvalue weighted by molar-refractivity contribution is 6.06. The van der Waals surface area contributed by atoms with Crippen molar-refractivity contribution in [3.8, 4) is 17.2 Å². The monoisotopic (exact) mass is 311 g/mol. The Balaban J connectivity index is 1.54. The average Bonchev–Trinajstić information content (AvgIpc) is 3.13. The molecule has 0 radical (unpaired) electrons. The first-order valence-electron chi connectivity index (χ1n) is 7.77. The van der Waals surface area contributed by atoms with Gasteiger partial charge in [0.05, 0.1) is 5.56 Å². The van der Waals surface area contributed by atoms with Crippen LogP contribution in [0.3, 0.4) is 0 Å². The van der Waals surface area contributed by atoms with Crippen molar-refractivity contribution in [3.05, 3.63) is 48.0 Å². The van der Waals surface area contributed by atoms with Crippen LogP contribution in [0.25, 0.3) is 0 Å². The van der Waals surface area contributed by atoms with Crippen LogP contribution in [0.4, 0.5) is 5.69 Å². The van der Waals surface area contributed by atoms with E-state index in [0.717, 1.165) is 25.7 Å². The minimum atomic E-state index is -0.511. The minimum absolute atomic E-state index is 0.0457. The molecule has 0 atom stereocenters. The summed E-state index contributed by atoms with van der Waals surface area (Å²) in [4.78, 5) is 12.2. The zero-order valence-corrected chi connectivity index (χ0v) is 12.5. The summed E-state index contributed by atoms with van der Waals surface area (Å²) in [7, 11) is 0. The van der Waals surface area contributed by atoms with Crippen LogP contribution < -0.4 is 14.8 Å². The second-order valence-electron chi connectivity index (χ2n) is 5.95. The van der Waals surface area contributed by atoms with Gasteiger partial charge in [-0.2, -0.15) is 0 Å². The van der Waals surface area contributed by atoms with E-state index < -0.39 is 5.79 Å². The number of fused-ring (bicyclic) bond motifs is 1. The molecule has 0 aromatic heterocycles. The van der Waals surface area contributed by atoms with Crippen LogP contribution in [-0.2, 0) is 0 Å². The summed E-state index contributed by atoms with van der Waals surface area (Å²) in [5, 5.41) is 12.5. The molecule has 1 aliphatic heterocycles. The summed E-state index contributed by atoms with van der Waals surface area (Å²) in [6.45, 7) is 0. The first-order valence-corrected chi connectivity index (χ1v) is 7.77. The number of amides is 1. The number of ether oxygens (including phenoxy) is 2. The van der Waals surface area contributed by atoms with E-state index in [0.29, 0.717) is 17.2 Å². The van der Waals surface area contributed by atoms with Crippen LogP contribution >= 0.6 is 0 Å². The van der Waals surface area contributed by atoms with Crippen molar-refractivity contribution in [1.29, 1.82) is 0 Å². The molecule has 5 heteroatoms. The highest BCUT2D eigenvalue weighted by Gasteiger charge is 2.44. The fourth-order valence-electron chi connectivity index (χ4n) is 3.15. The van der Waals surface area contributed by atoms with Crippen LogP contribution in [0.1, 0.15) is 36.0 Å². The highest BCUT2D eigenvalue weighted by atomic mass is 16.7. The van der Waals surface area contributed by atoms with Gasteiger partial charge in [-0.05, 0) is 37.1 Å². The lowest BCUT2D eigenvalue weighted by Gasteiger charge is -2.21. The molecule has 0 bridgehead atoms. The molecule has 4 rings (SSSR count). The van der Waals surface area contributed by atoms with Gasteiger partial charge in [-0.3, -0.25) is 4.79 Å². The fraction of sp³-hybridized carbons (Fsp3) is 0.278. The Morgan fingerprint density at radius 3 is 2.57 bits per heavy atom. The van der Waals surface area contributed by atoms with Gasteiger partial charge in [-0.25, -0.2) is 0 Å². The van der Waals surface area contributed by atoms with Gasteiger partial charge in [0.25, 0.3) is 11.7 Å². The van der Waals surface area contributed by atoms with Crippen LogP contribution in [-0.4, -0.2) is 16.8 Å². The molecule has 2 aromatic rings. The Kier molecular flexibility index (Phi) is 3.15. The second-order valence-corrected chi connectivity index (χ2v) is 5.95. The Morgan fingerprint density at radius 1 is 1.04 bits per heavy atom. The highest BCUT2D eigenvalue weighted by Crippen LogP contribution is 2.47. The fourth-order valence-corrected chi connectivity index (χ4v) is 3.15. The summed E-state index contributed by atoms with van der Waals surface area (Å²) < 4.78 is 11.9.